The average Bonchev–Trinajstić information content (AvgIpc) is 2.63. The molecule has 26 heavy (non-hydrogen) atoms. The van der Waals surface area contributed by atoms with Crippen LogP contribution < -0.4 is 16.0 Å². The van der Waals surface area contributed by atoms with E-state index < -0.39 is 0 Å². The number of amides is 3. The Morgan fingerprint density at radius 3 is 2.12 bits per heavy atom. The quantitative estimate of drug-likeness (QED) is 0.650. The molecule has 2 aromatic carbocycles. The lowest BCUT2D eigenvalue weighted by Gasteiger charge is -2.15. The third-order valence-corrected chi connectivity index (χ3v) is 3.92. The van der Waals surface area contributed by atoms with E-state index in [1.807, 2.05) is 81.4 Å². The summed E-state index contributed by atoms with van der Waals surface area (Å²) in [7, 11) is 0. The first-order valence-electron chi connectivity index (χ1n) is 8.70. The minimum atomic E-state index is -0.300. The third kappa shape index (κ3) is 5.77. The van der Waals surface area contributed by atoms with Gasteiger partial charge in [0, 0.05) is 16.9 Å². The summed E-state index contributed by atoms with van der Waals surface area (Å²) in [5.41, 5.74) is 3.10. The molecule has 5 nitrogen and oxygen atoms in total. The Morgan fingerprint density at radius 2 is 1.54 bits per heavy atom. The smallest absolute Gasteiger partial charge is 0.323 e. The number of carbonyl (C=O) groups is 2. The van der Waals surface area contributed by atoms with E-state index >= 15 is 0 Å². The van der Waals surface area contributed by atoms with E-state index in [1.165, 1.54) is 0 Å². The van der Waals surface area contributed by atoms with Crippen molar-refractivity contribution in [1.29, 1.82) is 0 Å². The van der Waals surface area contributed by atoms with Gasteiger partial charge in [-0.15, -0.1) is 0 Å². The van der Waals surface area contributed by atoms with Crippen molar-refractivity contribution in [2.75, 3.05) is 10.6 Å². The van der Waals surface area contributed by atoms with Crippen LogP contribution in [0.4, 0.5) is 16.2 Å². The van der Waals surface area contributed by atoms with Gasteiger partial charge in [-0.25, -0.2) is 4.79 Å². The number of nitrogens with one attached hydrogen (secondary N) is 3. The number of hydrogen-bond acceptors (Lipinski definition) is 2. The van der Waals surface area contributed by atoms with Crippen molar-refractivity contribution >= 4 is 23.3 Å². The van der Waals surface area contributed by atoms with Gasteiger partial charge in [-0.2, -0.15) is 0 Å². The minimum absolute atomic E-state index is 0.0659. The van der Waals surface area contributed by atoms with Gasteiger partial charge in [-0.05, 0) is 50.1 Å². The Kier molecular flexibility index (Phi) is 6.97. The fourth-order valence-electron chi connectivity index (χ4n) is 2.46. The molecule has 0 aliphatic heterocycles. The summed E-state index contributed by atoms with van der Waals surface area (Å²) in [6.45, 7) is 5.74. The van der Waals surface area contributed by atoms with E-state index in [4.69, 9.17) is 0 Å². The molecule has 3 N–H and O–H groups in total. The van der Waals surface area contributed by atoms with E-state index in [2.05, 4.69) is 16.0 Å². The Morgan fingerprint density at radius 1 is 0.962 bits per heavy atom. The molecule has 0 spiro atoms. The molecule has 5 heteroatoms. The summed E-state index contributed by atoms with van der Waals surface area (Å²) in [6.07, 6.45) is 2.74. The first kappa shape index (κ1) is 19.2. The lowest BCUT2D eigenvalue weighted by Crippen LogP contribution is -2.27. The van der Waals surface area contributed by atoms with Crippen molar-refractivity contribution in [3.63, 3.8) is 0 Å². The van der Waals surface area contributed by atoms with E-state index in [9.17, 15) is 9.59 Å². The van der Waals surface area contributed by atoms with Crippen LogP contribution in [0.1, 0.15) is 38.8 Å². The molecule has 0 saturated carbocycles. The van der Waals surface area contributed by atoms with Crippen LogP contribution in [0, 0.1) is 0 Å². The highest BCUT2D eigenvalue weighted by molar-refractivity contribution is 5.99. The molecule has 0 aliphatic rings. The Labute approximate surface area is 154 Å². The molecule has 0 aromatic heterocycles. The highest BCUT2D eigenvalue weighted by Crippen LogP contribution is 2.17. The fraction of sp³-hybridized carbons (Fsp3) is 0.238. The molecule has 136 valence electrons. The zero-order chi connectivity index (χ0) is 18.9. The van der Waals surface area contributed by atoms with E-state index in [0.717, 1.165) is 23.2 Å². The van der Waals surface area contributed by atoms with Crippen molar-refractivity contribution in [3.8, 4) is 0 Å². The summed E-state index contributed by atoms with van der Waals surface area (Å²) < 4.78 is 0. The molecule has 0 aliphatic carbocycles. The number of hydrogen-bond donors (Lipinski definition) is 3. The predicted octanol–water partition coefficient (Wildman–Crippen LogP) is 4.86. The Hall–Kier alpha value is -3.08. The van der Waals surface area contributed by atoms with E-state index in [0.29, 0.717) is 5.69 Å². The first-order valence-corrected chi connectivity index (χ1v) is 8.70. The van der Waals surface area contributed by atoms with Gasteiger partial charge >= 0.3 is 6.03 Å². The second-order valence-corrected chi connectivity index (χ2v) is 6.06. The lowest BCUT2D eigenvalue weighted by atomic mass is 10.1. The molecule has 0 radical (unpaired) electrons. The molecule has 0 bridgehead atoms. The second kappa shape index (κ2) is 9.42. The van der Waals surface area contributed by atoms with Crippen molar-refractivity contribution in [2.45, 2.75) is 33.2 Å². The van der Waals surface area contributed by atoms with Gasteiger partial charge in [0.15, 0.2) is 0 Å². The molecule has 0 heterocycles. The molecule has 2 rings (SSSR count). The summed E-state index contributed by atoms with van der Waals surface area (Å²) in [5.74, 6) is -0.0659. The first-order chi connectivity index (χ1) is 12.5. The van der Waals surface area contributed by atoms with Gasteiger partial charge < -0.3 is 16.0 Å². The molecular weight excluding hydrogens is 326 g/mol. The Balaban J connectivity index is 1.92. The summed E-state index contributed by atoms with van der Waals surface area (Å²) in [5, 5.41) is 8.52. The van der Waals surface area contributed by atoms with Crippen molar-refractivity contribution < 1.29 is 9.59 Å². The molecule has 1 unspecified atom stereocenters. The van der Waals surface area contributed by atoms with Gasteiger partial charge in [0.05, 0.1) is 6.04 Å². The maximum atomic E-state index is 12.1. The van der Waals surface area contributed by atoms with Gasteiger partial charge in [-0.1, -0.05) is 43.3 Å². The van der Waals surface area contributed by atoms with Crippen LogP contribution in [-0.4, -0.2) is 11.9 Å². The van der Waals surface area contributed by atoms with Gasteiger partial charge in [0.25, 0.3) is 0 Å². The largest absolute Gasteiger partial charge is 0.346 e. The van der Waals surface area contributed by atoms with Crippen LogP contribution in [0.5, 0.6) is 0 Å². The minimum Gasteiger partial charge on any atom is -0.346 e. The molecule has 2 aromatic rings. The highest BCUT2D eigenvalue weighted by Gasteiger charge is 2.11. The van der Waals surface area contributed by atoms with Crippen LogP contribution >= 0.6 is 0 Å². The zero-order valence-electron chi connectivity index (χ0n) is 15.4. The monoisotopic (exact) mass is 351 g/mol. The van der Waals surface area contributed by atoms with E-state index in [-0.39, 0.29) is 18.0 Å². The number of urea groups is 1. The van der Waals surface area contributed by atoms with Gasteiger partial charge in [0.1, 0.15) is 0 Å². The van der Waals surface area contributed by atoms with Gasteiger partial charge in [0.2, 0.25) is 5.91 Å². The predicted molar refractivity (Wildman–Crippen MR) is 106 cm³/mol. The number of para-hydroxylation sites is 1. The second-order valence-electron chi connectivity index (χ2n) is 6.06. The molecule has 0 saturated heterocycles. The lowest BCUT2D eigenvalue weighted by molar-refractivity contribution is -0.118. The molecule has 0 fully saturated rings. The van der Waals surface area contributed by atoms with Crippen LogP contribution in [0.3, 0.4) is 0 Å². The topological polar surface area (TPSA) is 70.2 Å². The summed E-state index contributed by atoms with van der Waals surface area (Å²) >= 11 is 0. The Bertz CT molecular complexity index is 768. The third-order valence-electron chi connectivity index (χ3n) is 3.92. The zero-order valence-corrected chi connectivity index (χ0v) is 15.4. The normalized spacial score (nSPS) is 12.2. The number of benzene rings is 2. The molecule has 3 amide bonds. The van der Waals surface area contributed by atoms with E-state index in [1.54, 1.807) is 0 Å². The van der Waals surface area contributed by atoms with Crippen molar-refractivity contribution in [2.24, 2.45) is 0 Å². The van der Waals surface area contributed by atoms with Crippen molar-refractivity contribution in [1.82, 2.24) is 5.32 Å². The van der Waals surface area contributed by atoms with Crippen LogP contribution in [0.15, 0.2) is 66.2 Å². The average molecular weight is 351 g/mol. The van der Waals surface area contributed by atoms with Crippen molar-refractivity contribution in [3.05, 3.63) is 71.8 Å². The fourth-order valence-corrected chi connectivity index (χ4v) is 2.46. The van der Waals surface area contributed by atoms with Crippen LogP contribution in [0.2, 0.25) is 0 Å². The highest BCUT2D eigenvalue weighted by atomic mass is 16.2. The summed E-state index contributed by atoms with van der Waals surface area (Å²) in [4.78, 5) is 24.1. The molecular formula is C21H25N3O2. The standard InChI is InChI=1S/C21H25N3O2/c1-4-8-15(2)20(25)22-16(3)17-11-13-19(14-12-17)24-21(26)23-18-9-6-5-7-10-18/h5-14,16H,4H2,1-3H3,(H,22,25)(H2,23,24,26)/b15-8-. The number of allylic oxidation sites excluding steroid dienone is 1. The van der Waals surface area contributed by atoms with Crippen LogP contribution in [0.25, 0.3) is 0 Å². The molecule has 1 atom stereocenters. The van der Waals surface area contributed by atoms with Crippen LogP contribution in [-0.2, 0) is 4.79 Å². The number of anilines is 2. The number of rotatable bonds is 6. The number of carbonyl (C=O) groups excluding carboxylic acids is 2. The maximum absolute atomic E-state index is 12.1. The van der Waals surface area contributed by atoms with Gasteiger partial charge in [-0.3, -0.25) is 4.79 Å². The SMILES string of the molecule is CC/C=C(/C)C(=O)NC(C)c1ccc(NC(=O)Nc2ccccc2)cc1. The summed E-state index contributed by atoms with van der Waals surface area (Å²) in [6, 6.07) is 16.2. The maximum Gasteiger partial charge on any atom is 0.323 e.